The summed E-state index contributed by atoms with van der Waals surface area (Å²) in [5.41, 5.74) is 4.19. The minimum absolute atomic E-state index is 0.136. The van der Waals surface area contributed by atoms with E-state index in [-0.39, 0.29) is 10.1 Å². The highest BCUT2D eigenvalue weighted by atomic mass is 28.3. The Balaban J connectivity index is 4.27. The molecule has 0 unspecified atom stereocenters. The molecule has 0 heterocycles. The molecule has 3 nitrogen and oxygen atoms in total. The summed E-state index contributed by atoms with van der Waals surface area (Å²) in [4.78, 5) is 11.8. The van der Waals surface area contributed by atoms with E-state index in [2.05, 4.69) is 78.4 Å². The summed E-state index contributed by atoms with van der Waals surface area (Å²) in [7, 11) is -3.05. The third-order valence-electron chi connectivity index (χ3n) is 6.40. The first-order valence-corrected chi connectivity index (χ1v) is 14.9. The van der Waals surface area contributed by atoms with Gasteiger partial charge < -0.3 is 9.47 Å². The van der Waals surface area contributed by atoms with E-state index in [1.807, 2.05) is 0 Å². The topological polar surface area (TPSA) is 35.5 Å². The van der Waals surface area contributed by atoms with E-state index in [1.54, 1.807) is 0 Å². The fraction of sp³-hybridized carbons (Fsp3) is 0.737. The van der Waals surface area contributed by atoms with Crippen LogP contribution in [0.2, 0.25) is 36.3 Å². The van der Waals surface area contributed by atoms with Crippen molar-refractivity contribution in [1.29, 1.82) is 0 Å². The van der Waals surface area contributed by atoms with Gasteiger partial charge in [0, 0.05) is 0 Å². The molecule has 0 aliphatic heterocycles. The van der Waals surface area contributed by atoms with Crippen molar-refractivity contribution in [3.63, 3.8) is 0 Å². The zero-order valence-electron chi connectivity index (χ0n) is 17.1. The Hall–Kier alpha value is -0.816. The van der Waals surface area contributed by atoms with Gasteiger partial charge in [-0.3, -0.25) is 0 Å². The van der Waals surface area contributed by atoms with Gasteiger partial charge in [0.1, 0.15) is 0 Å². The molecule has 24 heavy (non-hydrogen) atoms. The van der Waals surface area contributed by atoms with Gasteiger partial charge in [0.2, 0.25) is 0 Å². The zero-order valence-corrected chi connectivity index (χ0v) is 19.1. The molecule has 0 radical (unpaired) electrons. The molecule has 0 spiro atoms. The van der Waals surface area contributed by atoms with Crippen molar-refractivity contribution >= 4 is 22.3 Å². The van der Waals surface area contributed by atoms with Crippen molar-refractivity contribution in [2.75, 3.05) is 13.2 Å². The summed E-state index contributed by atoms with van der Waals surface area (Å²) in [6.07, 6.45) is 1.10. The van der Waals surface area contributed by atoms with Gasteiger partial charge in [-0.25, -0.2) is 4.79 Å². The minimum Gasteiger partial charge on any atom is -0.434 e. The first-order chi connectivity index (χ1) is 10.7. The number of hydrogen-bond acceptors (Lipinski definition) is 3. The second kappa shape index (κ2) is 8.52. The van der Waals surface area contributed by atoms with Crippen molar-refractivity contribution in [2.24, 2.45) is 0 Å². The molecule has 0 N–H and O–H groups in total. The predicted molar refractivity (Wildman–Crippen MR) is 110 cm³/mol. The van der Waals surface area contributed by atoms with Crippen LogP contribution < -0.4 is 0 Å². The van der Waals surface area contributed by atoms with Crippen molar-refractivity contribution < 1.29 is 14.3 Å². The molecular formula is C19H38O3Si2. The Kier molecular flexibility index (Phi) is 8.23. The third-order valence-corrected chi connectivity index (χ3v) is 15.9. The normalized spacial score (nSPS) is 13.3. The SMILES string of the molecule is C=C[Si](C)(C)C(C)(C)CCOC(=O)OCCC(C)(C)[Si](C)(C)C=C. The summed E-state index contributed by atoms with van der Waals surface area (Å²) >= 11 is 0. The van der Waals surface area contributed by atoms with Crippen molar-refractivity contribution in [3.8, 4) is 0 Å². The van der Waals surface area contributed by atoms with Crippen molar-refractivity contribution in [1.82, 2.24) is 0 Å². The molecule has 0 saturated carbocycles. The van der Waals surface area contributed by atoms with Gasteiger partial charge in [-0.15, -0.1) is 24.6 Å². The average Bonchev–Trinajstić information content (AvgIpc) is 2.46. The van der Waals surface area contributed by atoms with Crippen LogP contribution in [0.1, 0.15) is 40.5 Å². The molecule has 140 valence electrons. The number of hydrogen-bond donors (Lipinski definition) is 0. The second-order valence-electron chi connectivity index (χ2n) is 9.07. The molecule has 0 aromatic heterocycles. The van der Waals surface area contributed by atoms with Crippen LogP contribution in [-0.2, 0) is 9.47 Å². The summed E-state index contributed by atoms with van der Waals surface area (Å²) < 4.78 is 10.5. The summed E-state index contributed by atoms with van der Waals surface area (Å²) in [6, 6.07) is 0. The molecule has 0 bridgehead atoms. The Morgan fingerprint density at radius 1 is 0.833 bits per heavy atom. The van der Waals surface area contributed by atoms with Crippen LogP contribution in [-0.4, -0.2) is 35.5 Å². The van der Waals surface area contributed by atoms with Gasteiger partial charge in [0.05, 0.1) is 29.4 Å². The molecule has 0 amide bonds. The fourth-order valence-corrected chi connectivity index (χ4v) is 4.62. The quantitative estimate of drug-likeness (QED) is 0.332. The maximum absolute atomic E-state index is 11.8. The van der Waals surface area contributed by atoms with Crippen LogP contribution in [0.4, 0.5) is 4.79 Å². The zero-order chi connectivity index (χ0) is 19.2. The third kappa shape index (κ3) is 6.24. The largest absolute Gasteiger partial charge is 0.508 e. The Morgan fingerprint density at radius 3 is 1.38 bits per heavy atom. The molecule has 0 aliphatic rings. The van der Waals surface area contributed by atoms with Crippen LogP contribution in [0, 0.1) is 0 Å². The molecule has 5 heteroatoms. The highest BCUT2D eigenvalue weighted by Crippen LogP contribution is 2.41. The highest BCUT2D eigenvalue weighted by Gasteiger charge is 2.37. The van der Waals surface area contributed by atoms with E-state index in [0.29, 0.717) is 13.2 Å². The molecule has 0 rings (SSSR count). The lowest BCUT2D eigenvalue weighted by Crippen LogP contribution is -2.38. The van der Waals surface area contributed by atoms with Crippen molar-refractivity contribution in [3.05, 3.63) is 24.6 Å². The number of carbonyl (C=O) groups is 1. The first-order valence-electron chi connectivity index (χ1n) is 8.79. The molecule has 0 fully saturated rings. The average molecular weight is 371 g/mol. The second-order valence-corrected chi connectivity index (χ2v) is 19.5. The lowest BCUT2D eigenvalue weighted by molar-refractivity contribution is 0.0501. The van der Waals surface area contributed by atoms with Gasteiger partial charge in [0.25, 0.3) is 0 Å². The Bertz CT molecular complexity index is 412. The van der Waals surface area contributed by atoms with E-state index in [9.17, 15) is 4.79 Å². The van der Waals surface area contributed by atoms with Crippen LogP contribution in [0.3, 0.4) is 0 Å². The molecule has 0 saturated heterocycles. The number of rotatable bonds is 10. The molecular weight excluding hydrogens is 332 g/mol. The smallest absolute Gasteiger partial charge is 0.434 e. The van der Waals surface area contributed by atoms with Gasteiger partial charge in [-0.05, 0) is 22.9 Å². The summed E-state index contributed by atoms with van der Waals surface area (Å²) in [5, 5.41) is 0.271. The molecule has 0 aromatic rings. The Morgan fingerprint density at radius 2 is 1.12 bits per heavy atom. The van der Waals surface area contributed by atoms with E-state index in [0.717, 1.165) is 12.8 Å². The van der Waals surface area contributed by atoms with Gasteiger partial charge in [0.15, 0.2) is 0 Å². The summed E-state index contributed by atoms with van der Waals surface area (Å²) in [5.74, 6) is 0. The van der Waals surface area contributed by atoms with Crippen LogP contribution in [0.15, 0.2) is 24.6 Å². The molecule has 0 aromatic carbocycles. The number of ether oxygens (including phenoxy) is 2. The lowest BCUT2D eigenvalue weighted by Gasteiger charge is -2.38. The van der Waals surface area contributed by atoms with Gasteiger partial charge >= 0.3 is 6.16 Å². The maximum Gasteiger partial charge on any atom is 0.508 e. The molecule has 0 aliphatic carbocycles. The maximum atomic E-state index is 11.8. The predicted octanol–water partition coefficient (Wildman–Crippen LogP) is 6.35. The van der Waals surface area contributed by atoms with Crippen LogP contribution in [0.25, 0.3) is 0 Å². The fourth-order valence-electron chi connectivity index (χ4n) is 2.02. The van der Waals surface area contributed by atoms with E-state index >= 15 is 0 Å². The van der Waals surface area contributed by atoms with Gasteiger partial charge in [-0.1, -0.05) is 53.9 Å². The summed E-state index contributed by atoms with van der Waals surface area (Å²) in [6.45, 7) is 26.7. The van der Waals surface area contributed by atoms with Crippen molar-refractivity contribution in [2.45, 2.75) is 76.8 Å². The standard InChI is InChI=1S/C19H38O3Si2/c1-11-23(7,8)18(3,4)13-15-21-17(20)22-16-14-19(5,6)24(9,10)12-2/h11-12H,1-2,13-16H2,3-10H3. The minimum atomic E-state index is -1.53. The molecule has 0 atom stereocenters. The van der Waals surface area contributed by atoms with E-state index in [4.69, 9.17) is 9.47 Å². The number of carbonyl (C=O) groups excluding carboxylic acids is 1. The van der Waals surface area contributed by atoms with Gasteiger partial charge in [-0.2, -0.15) is 0 Å². The lowest BCUT2D eigenvalue weighted by atomic mass is 10.1. The first kappa shape index (κ1) is 23.2. The highest BCUT2D eigenvalue weighted by molar-refractivity contribution is 6.85. The van der Waals surface area contributed by atoms with Crippen LogP contribution >= 0.6 is 0 Å². The van der Waals surface area contributed by atoms with E-state index < -0.39 is 22.3 Å². The Labute approximate surface area is 151 Å². The van der Waals surface area contributed by atoms with Crippen LogP contribution in [0.5, 0.6) is 0 Å². The monoisotopic (exact) mass is 370 g/mol. The van der Waals surface area contributed by atoms with E-state index in [1.165, 1.54) is 0 Å².